The van der Waals surface area contributed by atoms with Crippen molar-refractivity contribution in [3.05, 3.63) is 69.8 Å². The van der Waals surface area contributed by atoms with E-state index in [0.717, 1.165) is 4.90 Å². The summed E-state index contributed by atoms with van der Waals surface area (Å²) in [5.74, 6) is -0.426. The van der Waals surface area contributed by atoms with Crippen molar-refractivity contribution in [3.8, 4) is 5.75 Å². The highest BCUT2D eigenvalue weighted by molar-refractivity contribution is 6.11. The molecule has 1 fully saturated rings. The van der Waals surface area contributed by atoms with Gasteiger partial charge in [0.25, 0.3) is 11.6 Å². The van der Waals surface area contributed by atoms with E-state index in [1.54, 1.807) is 24.3 Å². The van der Waals surface area contributed by atoms with Crippen molar-refractivity contribution >= 4 is 23.4 Å². The number of nitro groups is 1. The second-order valence-corrected chi connectivity index (χ2v) is 6.40. The van der Waals surface area contributed by atoms with E-state index >= 15 is 0 Å². The quantitative estimate of drug-likeness (QED) is 0.354. The summed E-state index contributed by atoms with van der Waals surface area (Å²) in [5, 5.41) is 13.4. The first-order valence-electron chi connectivity index (χ1n) is 8.32. The fourth-order valence-corrected chi connectivity index (χ4v) is 2.96. The maximum atomic E-state index is 12.9. The zero-order valence-electron chi connectivity index (χ0n) is 15.2. The average molecular weight is 383 g/mol. The van der Waals surface area contributed by atoms with Crippen LogP contribution in [0.1, 0.15) is 22.8 Å². The number of non-ortho nitro benzene ring substituents is 1. The van der Waals surface area contributed by atoms with Crippen LogP contribution in [-0.4, -0.2) is 41.2 Å². The van der Waals surface area contributed by atoms with Gasteiger partial charge in [-0.2, -0.15) is 0 Å². The van der Waals surface area contributed by atoms with Crippen LogP contribution < -0.4 is 10.1 Å². The molecule has 3 amide bonds. The topological polar surface area (TPSA) is 119 Å². The molecule has 144 valence electrons. The van der Waals surface area contributed by atoms with E-state index in [1.165, 1.54) is 38.3 Å². The molecule has 0 bridgehead atoms. The van der Waals surface area contributed by atoms with Crippen molar-refractivity contribution in [2.24, 2.45) is 0 Å². The smallest absolute Gasteiger partial charge is 0.325 e. The molecule has 0 aliphatic carbocycles. The third kappa shape index (κ3) is 3.29. The van der Waals surface area contributed by atoms with Crippen molar-refractivity contribution in [2.45, 2.75) is 12.5 Å². The predicted molar refractivity (Wildman–Crippen MR) is 98.0 cm³/mol. The molecule has 1 aliphatic rings. The Kier molecular flexibility index (Phi) is 4.83. The zero-order chi connectivity index (χ0) is 20.5. The van der Waals surface area contributed by atoms with Crippen LogP contribution >= 0.6 is 0 Å². The van der Waals surface area contributed by atoms with Gasteiger partial charge in [0.1, 0.15) is 11.3 Å². The number of methoxy groups -OCH3 is 1. The zero-order valence-corrected chi connectivity index (χ0v) is 15.2. The number of nitro benzene ring substituents is 1. The van der Waals surface area contributed by atoms with E-state index in [4.69, 9.17) is 4.74 Å². The van der Waals surface area contributed by atoms with Crippen LogP contribution in [0.3, 0.4) is 0 Å². The highest BCUT2D eigenvalue weighted by Gasteiger charge is 2.49. The predicted octanol–water partition coefficient (Wildman–Crippen LogP) is 2.25. The van der Waals surface area contributed by atoms with Crippen LogP contribution in [-0.2, 0) is 10.3 Å². The molecule has 0 spiro atoms. The number of carbonyl (C=O) groups is 3. The fourth-order valence-electron chi connectivity index (χ4n) is 2.96. The van der Waals surface area contributed by atoms with Crippen LogP contribution in [0, 0.1) is 10.1 Å². The number of benzene rings is 2. The van der Waals surface area contributed by atoms with Crippen LogP contribution in [0.5, 0.6) is 5.75 Å². The lowest BCUT2D eigenvalue weighted by Crippen LogP contribution is -2.41. The first kappa shape index (κ1) is 19.0. The Morgan fingerprint density at radius 3 is 2.29 bits per heavy atom. The van der Waals surface area contributed by atoms with Crippen molar-refractivity contribution in [1.82, 2.24) is 10.2 Å². The standard InChI is InChI=1S/C19H17N3O6/c1-19(13-5-7-14(8-6-13)22(26)27)17(24)21(18(25)20-19)11-16(23)12-3-9-15(28-2)10-4-12/h3-10H,11H2,1-2H3,(H,20,25)/t19-/m1/s1. The summed E-state index contributed by atoms with van der Waals surface area (Å²) in [5.41, 5.74) is -0.816. The molecule has 1 N–H and O–H groups in total. The Balaban J connectivity index is 1.80. The maximum Gasteiger partial charge on any atom is 0.325 e. The van der Waals surface area contributed by atoms with Gasteiger partial charge in [-0.15, -0.1) is 0 Å². The van der Waals surface area contributed by atoms with Gasteiger partial charge in [-0.3, -0.25) is 24.6 Å². The van der Waals surface area contributed by atoms with E-state index in [0.29, 0.717) is 16.9 Å². The van der Waals surface area contributed by atoms with Crippen molar-refractivity contribution in [1.29, 1.82) is 0 Å². The van der Waals surface area contributed by atoms with Crippen molar-refractivity contribution < 1.29 is 24.0 Å². The molecule has 2 aromatic rings. The minimum absolute atomic E-state index is 0.129. The number of nitrogens with one attached hydrogen (secondary N) is 1. The number of hydrogen-bond acceptors (Lipinski definition) is 6. The molecular weight excluding hydrogens is 366 g/mol. The summed E-state index contributed by atoms with van der Waals surface area (Å²) in [6.45, 7) is 1.08. The van der Waals surface area contributed by atoms with Gasteiger partial charge in [-0.1, -0.05) is 0 Å². The van der Waals surface area contributed by atoms with Gasteiger partial charge in [-0.05, 0) is 48.9 Å². The lowest BCUT2D eigenvalue weighted by molar-refractivity contribution is -0.384. The normalized spacial score (nSPS) is 18.7. The summed E-state index contributed by atoms with van der Waals surface area (Å²) < 4.78 is 5.03. The summed E-state index contributed by atoms with van der Waals surface area (Å²) >= 11 is 0. The van der Waals surface area contributed by atoms with E-state index in [1.807, 2.05) is 0 Å². The number of rotatable bonds is 6. The number of urea groups is 1. The van der Waals surface area contributed by atoms with Crippen LogP contribution in [0.2, 0.25) is 0 Å². The summed E-state index contributed by atoms with van der Waals surface area (Å²) in [4.78, 5) is 48.7. The maximum absolute atomic E-state index is 12.9. The molecule has 3 rings (SSSR count). The Morgan fingerprint density at radius 2 is 1.75 bits per heavy atom. The number of hydrogen-bond donors (Lipinski definition) is 1. The number of carbonyl (C=O) groups excluding carboxylic acids is 3. The molecular formula is C19H17N3O6. The molecule has 0 aromatic heterocycles. The highest BCUT2D eigenvalue weighted by Crippen LogP contribution is 2.30. The Labute approximate surface area is 160 Å². The second kappa shape index (κ2) is 7.10. The Bertz CT molecular complexity index is 955. The molecule has 1 atom stereocenters. The first-order chi connectivity index (χ1) is 13.3. The number of amides is 3. The monoisotopic (exact) mass is 383 g/mol. The Hall–Kier alpha value is -3.75. The van der Waals surface area contributed by atoms with E-state index < -0.39 is 34.7 Å². The molecule has 9 nitrogen and oxygen atoms in total. The van der Waals surface area contributed by atoms with Crippen molar-refractivity contribution in [2.75, 3.05) is 13.7 Å². The molecule has 0 radical (unpaired) electrons. The van der Waals surface area contributed by atoms with E-state index in [2.05, 4.69) is 5.32 Å². The number of ether oxygens (including phenoxy) is 1. The highest BCUT2D eigenvalue weighted by atomic mass is 16.6. The van der Waals surface area contributed by atoms with Crippen LogP contribution in [0.4, 0.5) is 10.5 Å². The van der Waals surface area contributed by atoms with Gasteiger partial charge in [0.15, 0.2) is 5.78 Å². The number of imide groups is 1. The second-order valence-electron chi connectivity index (χ2n) is 6.40. The van der Waals surface area contributed by atoms with Crippen LogP contribution in [0.15, 0.2) is 48.5 Å². The lowest BCUT2D eigenvalue weighted by Gasteiger charge is -2.22. The third-order valence-corrected chi connectivity index (χ3v) is 4.64. The third-order valence-electron chi connectivity index (χ3n) is 4.64. The van der Waals surface area contributed by atoms with Gasteiger partial charge in [0.2, 0.25) is 0 Å². The number of Topliss-reactive ketones (excluding diaryl/α,β-unsaturated/α-hetero) is 1. The van der Waals surface area contributed by atoms with E-state index in [-0.39, 0.29) is 5.69 Å². The number of nitrogens with zero attached hydrogens (tertiary/aromatic N) is 2. The van der Waals surface area contributed by atoms with Crippen LogP contribution in [0.25, 0.3) is 0 Å². The SMILES string of the molecule is COc1ccc(C(=O)CN2C(=O)N[C@](C)(c3ccc([N+](=O)[O-])cc3)C2=O)cc1. The first-order valence-corrected chi connectivity index (χ1v) is 8.32. The molecule has 1 saturated heterocycles. The summed E-state index contributed by atoms with van der Waals surface area (Å²) in [6, 6.07) is 10.9. The minimum Gasteiger partial charge on any atom is -0.497 e. The Morgan fingerprint density at radius 1 is 1.14 bits per heavy atom. The molecule has 0 unspecified atom stereocenters. The number of ketones is 1. The molecule has 28 heavy (non-hydrogen) atoms. The fraction of sp³-hybridized carbons (Fsp3) is 0.211. The van der Waals surface area contributed by atoms with Gasteiger partial charge in [-0.25, -0.2) is 4.79 Å². The molecule has 2 aromatic carbocycles. The summed E-state index contributed by atoms with van der Waals surface area (Å²) in [7, 11) is 1.50. The van der Waals surface area contributed by atoms with Gasteiger partial charge < -0.3 is 10.1 Å². The van der Waals surface area contributed by atoms with Crippen molar-refractivity contribution in [3.63, 3.8) is 0 Å². The molecule has 9 heteroatoms. The van der Waals surface area contributed by atoms with E-state index in [9.17, 15) is 24.5 Å². The molecule has 1 aliphatic heterocycles. The molecule has 1 heterocycles. The van der Waals surface area contributed by atoms with Gasteiger partial charge in [0.05, 0.1) is 18.6 Å². The van der Waals surface area contributed by atoms with Gasteiger partial charge in [0, 0.05) is 17.7 Å². The largest absolute Gasteiger partial charge is 0.497 e. The lowest BCUT2D eigenvalue weighted by atomic mass is 9.92. The average Bonchev–Trinajstić information content (AvgIpc) is 2.92. The summed E-state index contributed by atoms with van der Waals surface area (Å²) in [6.07, 6.45) is 0. The minimum atomic E-state index is -1.41. The molecule has 0 saturated carbocycles. The van der Waals surface area contributed by atoms with Gasteiger partial charge >= 0.3 is 6.03 Å².